The van der Waals surface area contributed by atoms with Crippen LogP contribution in [-0.4, -0.2) is 0 Å². The zero-order valence-electron chi connectivity index (χ0n) is 14.1. The van der Waals surface area contributed by atoms with Crippen molar-refractivity contribution in [3.8, 4) is 47.4 Å². The zero-order valence-corrected chi connectivity index (χ0v) is 14.1. The highest BCUT2D eigenvalue weighted by molar-refractivity contribution is 5.54. The van der Waals surface area contributed by atoms with Gasteiger partial charge in [0.25, 0.3) is 0 Å². The molecular weight excluding hydrogens is 312 g/mol. The Morgan fingerprint density at radius 1 is 0.346 bits per heavy atom. The second kappa shape index (κ2) is 9.26. The highest BCUT2D eigenvalue weighted by Gasteiger charge is 1.93. The van der Waals surface area contributed by atoms with Crippen LogP contribution in [0.3, 0.4) is 0 Å². The first-order chi connectivity index (χ1) is 12.9. The molecule has 0 atom stereocenters. The maximum absolute atomic E-state index is 3.07. The van der Waals surface area contributed by atoms with Crippen molar-refractivity contribution < 1.29 is 0 Å². The summed E-state index contributed by atoms with van der Waals surface area (Å²) in [7, 11) is 0. The average molecular weight is 326 g/mol. The maximum Gasteiger partial charge on any atom is 0.0412 e. The summed E-state index contributed by atoms with van der Waals surface area (Å²) in [5.74, 6) is 23.7. The lowest BCUT2D eigenvalue weighted by Crippen LogP contribution is -1.81. The van der Waals surface area contributed by atoms with E-state index >= 15 is 0 Å². The first-order valence-corrected chi connectivity index (χ1v) is 8.15. The number of hydrogen-bond donors (Lipinski definition) is 0. The third-order valence-corrected chi connectivity index (χ3v) is 3.41. The van der Waals surface area contributed by atoms with Crippen molar-refractivity contribution in [2.45, 2.75) is 0 Å². The van der Waals surface area contributed by atoms with E-state index in [1.807, 2.05) is 84.9 Å². The van der Waals surface area contributed by atoms with Crippen molar-refractivity contribution in [1.29, 1.82) is 0 Å². The minimum absolute atomic E-state index is 0.851. The summed E-state index contributed by atoms with van der Waals surface area (Å²) in [6.07, 6.45) is 0. The fourth-order valence-corrected chi connectivity index (χ4v) is 2.15. The predicted molar refractivity (Wildman–Crippen MR) is 107 cm³/mol. The van der Waals surface area contributed by atoms with Gasteiger partial charge in [0.15, 0.2) is 0 Å². The molecule has 0 radical (unpaired) electrons. The number of rotatable bonds is 0. The monoisotopic (exact) mass is 326 g/mol. The summed E-state index contributed by atoms with van der Waals surface area (Å²) in [5.41, 5.74) is 3.60. The van der Waals surface area contributed by atoms with Gasteiger partial charge in [-0.05, 0) is 60.1 Å². The van der Waals surface area contributed by atoms with Gasteiger partial charge in [0.05, 0.1) is 0 Å². The Kier molecular flexibility index (Phi) is 5.96. The van der Waals surface area contributed by atoms with E-state index in [1.165, 1.54) is 0 Å². The second-order valence-electron chi connectivity index (χ2n) is 5.28. The van der Waals surface area contributed by atoms with Gasteiger partial charge in [-0.15, -0.1) is 0 Å². The molecule has 0 aliphatic rings. The highest BCUT2D eigenvalue weighted by Crippen LogP contribution is 2.05. The lowest BCUT2D eigenvalue weighted by molar-refractivity contribution is 1.59. The van der Waals surface area contributed by atoms with Crippen molar-refractivity contribution in [1.82, 2.24) is 0 Å². The van der Waals surface area contributed by atoms with Crippen molar-refractivity contribution in [3.05, 3.63) is 107 Å². The van der Waals surface area contributed by atoms with Crippen LogP contribution in [0.1, 0.15) is 22.3 Å². The minimum atomic E-state index is 0.851. The van der Waals surface area contributed by atoms with E-state index in [1.54, 1.807) is 0 Å². The van der Waals surface area contributed by atoms with Crippen molar-refractivity contribution in [2.24, 2.45) is 0 Å². The molecule has 3 rings (SSSR count). The largest absolute Gasteiger partial charge is 0.0622 e. The Hall–Kier alpha value is -4.10. The molecule has 0 unspecified atom stereocenters. The lowest BCUT2D eigenvalue weighted by atomic mass is 10.1. The smallest absolute Gasteiger partial charge is 0.0412 e. The van der Waals surface area contributed by atoms with E-state index in [2.05, 4.69) is 47.4 Å². The van der Waals surface area contributed by atoms with E-state index in [-0.39, 0.29) is 0 Å². The predicted octanol–water partition coefficient (Wildman–Crippen LogP) is 4.49. The normalized spacial score (nSPS) is 8.31. The molecule has 0 saturated carbocycles. The molecule has 0 N–H and O–H groups in total. The maximum atomic E-state index is 3.07. The Bertz CT molecular complexity index is 1030. The quantitative estimate of drug-likeness (QED) is 0.534. The standard InChI is InChI=1S/C26H14/c1-3-13-23(14-4-1)17-7-9-19-25-21-11-12-22-26(25)20-10-8-18-24-15-5-2-6-16-24/h1-6,11-16,21-22H. The number of hydrogen-bond acceptors (Lipinski definition) is 0. The Morgan fingerprint density at radius 2 is 0.692 bits per heavy atom. The van der Waals surface area contributed by atoms with Gasteiger partial charge in [-0.1, -0.05) is 72.2 Å². The summed E-state index contributed by atoms with van der Waals surface area (Å²) in [4.78, 5) is 0. The summed E-state index contributed by atoms with van der Waals surface area (Å²) < 4.78 is 0. The molecule has 3 aromatic carbocycles. The second-order valence-corrected chi connectivity index (χ2v) is 5.28. The molecule has 0 heterocycles. The van der Waals surface area contributed by atoms with Crippen LogP contribution < -0.4 is 0 Å². The van der Waals surface area contributed by atoms with E-state index in [4.69, 9.17) is 0 Å². The molecule has 0 nitrogen and oxygen atoms in total. The zero-order chi connectivity index (χ0) is 17.9. The van der Waals surface area contributed by atoms with Crippen molar-refractivity contribution in [3.63, 3.8) is 0 Å². The summed E-state index contributed by atoms with van der Waals surface area (Å²) >= 11 is 0. The van der Waals surface area contributed by atoms with Gasteiger partial charge >= 0.3 is 0 Å². The van der Waals surface area contributed by atoms with Gasteiger partial charge < -0.3 is 0 Å². The molecule has 0 bridgehead atoms. The van der Waals surface area contributed by atoms with Crippen LogP contribution in [0.5, 0.6) is 0 Å². The van der Waals surface area contributed by atoms with Gasteiger partial charge in [-0.3, -0.25) is 0 Å². The molecule has 0 saturated heterocycles. The molecule has 0 aliphatic carbocycles. The average Bonchev–Trinajstić information content (AvgIpc) is 2.71. The van der Waals surface area contributed by atoms with Crippen molar-refractivity contribution in [2.75, 3.05) is 0 Å². The van der Waals surface area contributed by atoms with Crippen LogP contribution in [-0.2, 0) is 0 Å². The highest BCUT2D eigenvalue weighted by atomic mass is 13.9. The third kappa shape index (κ3) is 5.22. The molecule has 26 heavy (non-hydrogen) atoms. The summed E-state index contributed by atoms with van der Waals surface area (Å²) in [6, 6.07) is 27.3. The van der Waals surface area contributed by atoms with E-state index in [0.29, 0.717) is 0 Å². The van der Waals surface area contributed by atoms with Crippen molar-refractivity contribution >= 4 is 0 Å². The van der Waals surface area contributed by atoms with Crippen LogP contribution in [0.4, 0.5) is 0 Å². The van der Waals surface area contributed by atoms with Crippen LogP contribution in [0.2, 0.25) is 0 Å². The lowest BCUT2D eigenvalue weighted by Gasteiger charge is -1.93. The van der Waals surface area contributed by atoms with Crippen LogP contribution in [0.25, 0.3) is 0 Å². The fourth-order valence-electron chi connectivity index (χ4n) is 2.15. The van der Waals surface area contributed by atoms with Gasteiger partial charge in [-0.25, -0.2) is 0 Å². The molecule has 0 spiro atoms. The summed E-state index contributed by atoms with van der Waals surface area (Å²) in [6.45, 7) is 0. The molecule has 0 heteroatoms. The molecule has 3 aromatic rings. The van der Waals surface area contributed by atoms with Crippen LogP contribution in [0.15, 0.2) is 84.9 Å². The third-order valence-electron chi connectivity index (χ3n) is 3.41. The molecule has 118 valence electrons. The SMILES string of the molecule is C(C#Cc1ccccc1C#CC#Cc1ccccc1)#Cc1ccccc1. The van der Waals surface area contributed by atoms with Crippen LogP contribution >= 0.6 is 0 Å². The van der Waals surface area contributed by atoms with Gasteiger partial charge in [0.2, 0.25) is 0 Å². The Balaban J connectivity index is 1.76. The van der Waals surface area contributed by atoms with E-state index in [9.17, 15) is 0 Å². The molecule has 0 fully saturated rings. The van der Waals surface area contributed by atoms with Gasteiger partial charge in [0.1, 0.15) is 0 Å². The van der Waals surface area contributed by atoms with E-state index in [0.717, 1.165) is 22.3 Å². The Morgan fingerprint density at radius 3 is 1.12 bits per heavy atom. The molecular formula is C26H14. The first kappa shape index (κ1) is 16.7. The fraction of sp³-hybridized carbons (Fsp3) is 0. The van der Waals surface area contributed by atoms with Crippen LogP contribution in [0, 0.1) is 47.4 Å². The molecule has 0 amide bonds. The summed E-state index contributed by atoms with van der Waals surface area (Å²) in [5, 5.41) is 0. The topological polar surface area (TPSA) is 0 Å². The van der Waals surface area contributed by atoms with Gasteiger partial charge in [0, 0.05) is 22.3 Å². The Labute approximate surface area is 154 Å². The number of benzene rings is 3. The van der Waals surface area contributed by atoms with Gasteiger partial charge in [-0.2, -0.15) is 0 Å². The minimum Gasteiger partial charge on any atom is -0.0622 e. The molecule has 0 aromatic heterocycles. The molecule has 0 aliphatic heterocycles. The first-order valence-electron chi connectivity index (χ1n) is 8.15. The van der Waals surface area contributed by atoms with E-state index < -0.39 is 0 Å².